The number of nitrogens with zero attached hydrogens (tertiary/aromatic N) is 5. The Morgan fingerprint density at radius 1 is 1.12 bits per heavy atom. The number of ether oxygens (including phenoxy) is 2. The summed E-state index contributed by atoms with van der Waals surface area (Å²) in [4.78, 5) is 10.5. The van der Waals surface area contributed by atoms with Crippen LogP contribution in [-0.4, -0.2) is 72.4 Å². The van der Waals surface area contributed by atoms with Gasteiger partial charge in [-0.25, -0.2) is 17.7 Å². The van der Waals surface area contributed by atoms with E-state index in [9.17, 15) is 18.8 Å². The van der Waals surface area contributed by atoms with Gasteiger partial charge in [0.25, 0.3) is 0 Å². The number of anilines is 1. The fraction of sp³-hybridized carbons (Fsp3) is 0.476. The molecule has 0 spiro atoms. The van der Waals surface area contributed by atoms with Gasteiger partial charge in [0, 0.05) is 38.3 Å². The molecule has 2 aliphatic rings. The molecule has 32 heavy (non-hydrogen) atoms. The van der Waals surface area contributed by atoms with Gasteiger partial charge in [-0.1, -0.05) is 0 Å². The van der Waals surface area contributed by atoms with Crippen molar-refractivity contribution in [3.8, 4) is 23.4 Å². The number of rotatable bonds is 6. The summed E-state index contributed by atoms with van der Waals surface area (Å²) < 4.78 is 36.5. The first-order valence-corrected chi connectivity index (χ1v) is 12.2. The second-order valence-electron chi connectivity index (χ2n) is 7.98. The number of hydrogen-bond donors (Lipinski definition) is 1. The van der Waals surface area contributed by atoms with Crippen LogP contribution in [0.1, 0.15) is 24.8 Å². The molecule has 0 radical (unpaired) electrons. The highest BCUT2D eigenvalue weighted by Crippen LogP contribution is 2.29. The van der Waals surface area contributed by atoms with E-state index < -0.39 is 10.0 Å². The molecule has 0 aliphatic carbocycles. The molecule has 2 saturated heterocycles. The average Bonchev–Trinajstić information content (AvgIpc) is 3.21. The fourth-order valence-electron chi connectivity index (χ4n) is 3.85. The number of sulfonamides is 1. The third kappa shape index (κ3) is 5.27. The molecule has 2 fully saturated rings. The van der Waals surface area contributed by atoms with E-state index in [0.29, 0.717) is 44.0 Å². The van der Waals surface area contributed by atoms with E-state index in [0.717, 1.165) is 18.7 Å². The Morgan fingerprint density at radius 2 is 1.88 bits per heavy atom. The largest absolute Gasteiger partial charge is 0.473 e. The van der Waals surface area contributed by atoms with Crippen molar-refractivity contribution in [2.45, 2.75) is 31.5 Å². The van der Waals surface area contributed by atoms with Gasteiger partial charge in [0.2, 0.25) is 15.9 Å². The third-order valence-electron chi connectivity index (χ3n) is 5.56. The van der Waals surface area contributed by atoms with Crippen molar-refractivity contribution >= 4 is 15.7 Å². The van der Waals surface area contributed by atoms with E-state index in [2.05, 4.69) is 16.0 Å². The van der Waals surface area contributed by atoms with Crippen LogP contribution in [0.4, 0.5) is 5.69 Å². The summed E-state index contributed by atoms with van der Waals surface area (Å²) in [5.74, 6) is 1.08. The minimum absolute atomic E-state index is 0.204. The minimum Gasteiger partial charge on any atom is -0.473 e. The van der Waals surface area contributed by atoms with Crippen LogP contribution in [0.5, 0.6) is 17.4 Å². The molecule has 1 N–H and O–H groups in total. The zero-order valence-corrected chi connectivity index (χ0v) is 18.5. The zero-order chi connectivity index (χ0) is 22.7. The predicted octanol–water partition coefficient (Wildman–Crippen LogP) is 1.51. The predicted molar refractivity (Wildman–Crippen MR) is 116 cm³/mol. The Hall–Kier alpha value is -2.94. The standard InChI is InChI=1S/C21H25N5O5S/c1-32(28,29)26-6-3-18(4-7-26)31-21-15(10-22)8-19(13-24-21)30-20-9-16(11-23-12-20)25-5-2-17(27)14-25/h8-9,11-13,17-18,27H,2-7,14H2,1H3. The lowest BCUT2D eigenvalue weighted by Gasteiger charge is -2.30. The van der Waals surface area contributed by atoms with Crippen LogP contribution >= 0.6 is 0 Å². The molecule has 1 unspecified atom stereocenters. The molecule has 0 amide bonds. The van der Waals surface area contributed by atoms with E-state index in [1.54, 1.807) is 18.5 Å². The second kappa shape index (κ2) is 9.28. The quantitative estimate of drug-likeness (QED) is 0.683. The summed E-state index contributed by atoms with van der Waals surface area (Å²) >= 11 is 0. The Balaban J connectivity index is 1.41. The first kappa shape index (κ1) is 22.3. The van der Waals surface area contributed by atoms with E-state index in [1.165, 1.54) is 16.8 Å². The lowest BCUT2D eigenvalue weighted by atomic mass is 10.1. The van der Waals surface area contributed by atoms with Crippen molar-refractivity contribution < 1.29 is 23.0 Å². The molecule has 2 aromatic rings. The highest BCUT2D eigenvalue weighted by Gasteiger charge is 2.27. The summed E-state index contributed by atoms with van der Waals surface area (Å²) in [6.45, 7) is 2.07. The van der Waals surface area contributed by atoms with Crippen LogP contribution < -0.4 is 14.4 Å². The molecule has 2 aliphatic heterocycles. The molecule has 4 heterocycles. The molecule has 2 aromatic heterocycles. The van der Waals surface area contributed by atoms with Gasteiger partial charge < -0.3 is 19.5 Å². The highest BCUT2D eigenvalue weighted by atomic mass is 32.2. The summed E-state index contributed by atoms with van der Waals surface area (Å²) in [6.07, 6.45) is 7.19. The van der Waals surface area contributed by atoms with Crippen molar-refractivity contribution in [2.24, 2.45) is 0 Å². The van der Waals surface area contributed by atoms with E-state index >= 15 is 0 Å². The molecule has 1 atom stereocenters. The Morgan fingerprint density at radius 3 is 2.53 bits per heavy atom. The second-order valence-corrected chi connectivity index (χ2v) is 9.97. The molecule has 170 valence electrons. The number of aliphatic hydroxyl groups excluding tert-OH is 1. The van der Waals surface area contributed by atoms with Crippen LogP contribution in [-0.2, 0) is 10.0 Å². The third-order valence-corrected chi connectivity index (χ3v) is 6.86. The number of hydrogen-bond acceptors (Lipinski definition) is 9. The van der Waals surface area contributed by atoms with Gasteiger partial charge in [-0.15, -0.1) is 0 Å². The topological polar surface area (TPSA) is 129 Å². The van der Waals surface area contributed by atoms with Crippen LogP contribution in [0.25, 0.3) is 0 Å². The smallest absolute Gasteiger partial charge is 0.232 e. The van der Waals surface area contributed by atoms with E-state index in [1.807, 2.05) is 11.0 Å². The highest BCUT2D eigenvalue weighted by molar-refractivity contribution is 7.88. The van der Waals surface area contributed by atoms with Gasteiger partial charge in [-0.3, -0.25) is 4.98 Å². The maximum absolute atomic E-state index is 11.6. The van der Waals surface area contributed by atoms with E-state index in [4.69, 9.17) is 9.47 Å². The van der Waals surface area contributed by atoms with Gasteiger partial charge in [-0.2, -0.15) is 5.26 Å². The molecule has 0 bridgehead atoms. The van der Waals surface area contributed by atoms with E-state index in [-0.39, 0.29) is 23.7 Å². The minimum atomic E-state index is -3.21. The number of aliphatic hydroxyl groups is 1. The van der Waals surface area contributed by atoms with Gasteiger partial charge in [0.1, 0.15) is 29.2 Å². The van der Waals surface area contributed by atoms with Crippen molar-refractivity contribution in [1.29, 1.82) is 5.26 Å². The van der Waals surface area contributed by atoms with Crippen molar-refractivity contribution in [3.63, 3.8) is 0 Å². The van der Waals surface area contributed by atoms with Crippen molar-refractivity contribution in [2.75, 3.05) is 37.3 Å². The van der Waals surface area contributed by atoms with Crippen LogP contribution in [0.3, 0.4) is 0 Å². The van der Waals surface area contributed by atoms with Gasteiger partial charge in [0.05, 0.1) is 36.6 Å². The first-order valence-electron chi connectivity index (χ1n) is 10.4. The summed E-state index contributed by atoms with van der Waals surface area (Å²) in [5, 5.41) is 19.3. The Kier molecular flexibility index (Phi) is 6.45. The van der Waals surface area contributed by atoms with Crippen molar-refractivity contribution in [1.82, 2.24) is 14.3 Å². The molecule has 0 aromatic carbocycles. The molecule has 4 rings (SSSR count). The van der Waals surface area contributed by atoms with Gasteiger partial charge in [0.15, 0.2) is 0 Å². The Bertz CT molecular complexity index is 1110. The molecular weight excluding hydrogens is 434 g/mol. The molecular formula is C21H25N5O5S. The van der Waals surface area contributed by atoms with Gasteiger partial charge in [-0.05, 0) is 19.3 Å². The number of β-amino-alcohol motifs (C(OH)–C–C–N with tert-alkyl or cyclic N) is 1. The van der Waals surface area contributed by atoms with Gasteiger partial charge >= 0.3 is 0 Å². The Labute approximate surface area is 187 Å². The summed E-state index contributed by atoms with van der Waals surface area (Å²) in [6, 6.07) is 5.47. The lowest BCUT2D eigenvalue weighted by Crippen LogP contribution is -2.41. The number of piperidine rings is 1. The summed E-state index contributed by atoms with van der Waals surface area (Å²) in [7, 11) is -3.21. The number of pyridine rings is 2. The SMILES string of the molecule is CS(=O)(=O)N1CCC(Oc2ncc(Oc3cncc(N4CCC(O)C4)c3)cc2C#N)CC1. The number of nitriles is 1. The van der Waals surface area contributed by atoms with Crippen LogP contribution in [0.15, 0.2) is 30.7 Å². The first-order chi connectivity index (χ1) is 15.3. The zero-order valence-electron chi connectivity index (χ0n) is 17.7. The maximum Gasteiger partial charge on any atom is 0.232 e. The molecule has 10 nitrogen and oxygen atoms in total. The monoisotopic (exact) mass is 459 g/mol. The molecule has 0 saturated carbocycles. The maximum atomic E-state index is 11.6. The number of aromatic nitrogens is 2. The van der Waals surface area contributed by atoms with Crippen LogP contribution in [0.2, 0.25) is 0 Å². The normalized spacial score (nSPS) is 20.2. The molecule has 11 heteroatoms. The lowest BCUT2D eigenvalue weighted by molar-refractivity contribution is 0.129. The van der Waals surface area contributed by atoms with Crippen LogP contribution in [0, 0.1) is 11.3 Å². The fourth-order valence-corrected chi connectivity index (χ4v) is 4.73. The van der Waals surface area contributed by atoms with Crippen molar-refractivity contribution in [3.05, 3.63) is 36.3 Å². The summed E-state index contributed by atoms with van der Waals surface area (Å²) in [5.41, 5.74) is 1.09. The average molecular weight is 460 g/mol.